The van der Waals surface area contributed by atoms with Gasteiger partial charge in [-0.1, -0.05) is 33.6 Å². The monoisotopic (exact) mass is 291 g/mol. The summed E-state index contributed by atoms with van der Waals surface area (Å²) < 4.78 is 13.5. The molecule has 2 nitrogen and oxygen atoms in total. The number of hydrogen-bond acceptors (Lipinski definition) is 1. The standard InChI is InChI=1S/C10H8BrClFNO/c11-6-4-9(15)14(5-6)10-7(12)2-1-3-8(10)13/h1-3,6H,4-5H2. The van der Waals surface area contributed by atoms with Gasteiger partial charge in [-0.15, -0.1) is 0 Å². The molecule has 1 saturated heterocycles. The van der Waals surface area contributed by atoms with Gasteiger partial charge < -0.3 is 4.90 Å². The van der Waals surface area contributed by atoms with Crippen LogP contribution < -0.4 is 4.90 Å². The summed E-state index contributed by atoms with van der Waals surface area (Å²) in [7, 11) is 0. The number of nitrogens with zero attached hydrogens (tertiary/aromatic N) is 1. The molecular formula is C10H8BrClFNO. The van der Waals surface area contributed by atoms with Crippen molar-refractivity contribution in [3.05, 3.63) is 29.0 Å². The molecule has 1 heterocycles. The molecule has 1 aliphatic heterocycles. The highest BCUT2D eigenvalue weighted by atomic mass is 79.9. The van der Waals surface area contributed by atoms with E-state index in [0.29, 0.717) is 13.0 Å². The molecule has 5 heteroatoms. The van der Waals surface area contributed by atoms with Crippen LogP contribution in [0.4, 0.5) is 10.1 Å². The lowest BCUT2D eigenvalue weighted by molar-refractivity contribution is -0.117. The number of carbonyl (C=O) groups excluding carboxylic acids is 1. The average Bonchev–Trinajstić information content (AvgIpc) is 2.45. The SMILES string of the molecule is O=C1CC(Br)CN1c1c(F)cccc1Cl. The lowest BCUT2D eigenvalue weighted by Crippen LogP contribution is -2.25. The number of para-hydroxylation sites is 1. The summed E-state index contributed by atoms with van der Waals surface area (Å²) >= 11 is 9.21. The van der Waals surface area contributed by atoms with Crippen molar-refractivity contribution in [2.45, 2.75) is 11.2 Å². The fourth-order valence-corrected chi connectivity index (χ4v) is 2.46. The normalized spacial score (nSPS) is 21.1. The molecular weight excluding hydrogens is 284 g/mol. The number of amides is 1. The van der Waals surface area contributed by atoms with Gasteiger partial charge in [0.25, 0.3) is 0 Å². The van der Waals surface area contributed by atoms with Gasteiger partial charge in [0.05, 0.1) is 10.7 Å². The smallest absolute Gasteiger partial charge is 0.228 e. The zero-order valence-corrected chi connectivity index (χ0v) is 10.1. The quantitative estimate of drug-likeness (QED) is 0.729. The molecule has 0 aromatic heterocycles. The summed E-state index contributed by atoms with van der Waals surface area (Å²) in [6.07, 6.45) is 0.380. The van der Waals surface area contributed by atoms with Gasteiger partial charge in [0, 0.05) is 17.8 Å². The number of alkyl halides is 1. The fourth-order valence-electron chi connectivity index (χ4n) is 1.63. The largest absolute Gasteiger partial charge is 0.307 e. The van der Waals surface area contributed by atoms with Gasteiger partial charge in [-0.2, -0.15) is 0 Å². The Morgan fingerprint density at radius 3 is 2.80 bits per heavy atom. The molecule has 0 spiro atoms. The maximum atomic E-state index is 13.5. The first-order chi connectivity index (χ1) is 7.09. The summed E-state index contributed by atoms with van der Waals surface area (Å²) in [5.41, 5.74) is 0.186. The molecule has 1 aliphatic rings. The van der Waals surface area contributed by atoms with E-state index in [1.54, 1.807) is 6.07 Å². The van der Waals surface area contributed by atoms with Crippen molar-refractivity contribution in [1.29, 1.82) is 0 Å². The topological polar surface area (TPSA) is 20.3 Å². The van der Waals surface area contributed by atoms with Gasteiger partial charge >= 0.3 is 0 Å². The van der Waals surface area contributed by atoms with Gasteiger partial charge in [-0.25, -0.2) is 4.39 Å². The van der Waals surface area contributed by atoms with Gasteiger partial charge in [0.15, 0.2) is 0 Å². The molecule has 0 aliphatic carbocycles. The molecule has 0 N–H and O–H groups in total. The minimum absolute atomic E-state index is 0.0701. The average molecular weight is 293 g/mol. The van der Waals surface area contributed by atoms with Crippen LogP contribution in [0.1, 0.15) is 6.42 Å². The zero-order chi connectivity index (χ0) is 11.0. The molecule has 1 atom stereocenters. The van der Waals surface area contributed by atoms with Crippen LogP contribution in [0.5, 0.6) is 0 Å². The van der Waals surface area contributed by atoms with Crippen molar-refractivity contribution >= 4 is 39.1 Å². The van der Waals surface area contributed by atoms with Crippen LogP contribution in [-0.2, 0) is 4.79 Å². The predicted octanol–water partition coefficient (Wildman–Crippen LogP) is 2.98. The van der Waals surface area contributed by atoms with Gasteiger partial charge in [0.2, 0.25) is 5.91 Å². The van der Waals surface area contributed by atoms with E-state index in [1.165, 1.54) is 17.0 Å². The van der Waals surface area contributed by atoms with Crippen molar-refractivity contribution in [3.8, 4) is 0 Å². The number of rotatable bonds is 1. The summed E-state index contributed by atoms with van der Waals surface area (Å²) in [5, 5.41) is 0.268. The third-order valence-corrected chi connectivity index (χ3v) is 3.20. The Bertz CT molecular complexity index is 392. The Morgan fingerprint density at radius 1 is 1.53 bits per heavy atom. The van der Waals surface area contributed by atoms with E-state index in [1.807, 2.05) is 0 Å². The lowest BCUT2D eigenvalue weighted by atomic mass is 10.3. The Balaban J connectivity index is 2.41. The highest BCUT2D eigenvalue weighted by Crippen LogP contribution is 2.33. The summed E-state index contributed by atoms with van der Waals surface area (Å²) in [6.45, 7) is 0.458. The molecule has 1 amide bonds. The van der Waals surface area contributed by atoms with E-state index < -0.39 is 5.82 Å². The van der Waals surface area contributed by atoms with Crippen LogP contribution >= 0.6 is 27.5 Å². The number of benzene rings is 1. The zero-order valence-electron chi connectivity index (χ0n) is 7.71. The van der Waals surface area contributed by atoms with E-state index >= 15 is 0 Å². The molecule has 1 aromatic rings. The molecule has 15 heavy (non-hydrogen) atoms. The molecule has 1 aromatic carbocycles. The summed E-state index contributed by atoms with van der Waals surface area (Å²) in [4.78, 5) is 13.0. The fraction of sp³-hybridized carbons (Fsp3) is 0.300. The molecule has 2 rings (SSSR count). The first kappa shape index (κ1) is 10.9. The highest BCUT2D eigenvalue weighted by Gasteiger charge is 2.31. The first-order valence-electron chi connectivity index (χ1n) is 4.48. The lowest BCUT2D eigenvalue weighted by Gasteiger charge is -2.17. The van der Waals surface area contributed by atoms with E-state index in [-0.39, 0.29) is 21.4 Å². The van der Waals surface area contributed by atoms with Crippen molar-refractivity contribution in [3.63, 3.8) is 0 Å². The number of anilines is 1. The van der Waals surface area contributed by atoms with Crippen LogP contribution in [0, 0.1) is 5.82 Å². The van der Waals surface area contributed by atoms with Crippen LogP contribution in [0.2, 0.25) is 5.02 Å². The highest BCUT2D eigenvalue weighted by molar-refractivity contribution is 9.09. The Kier molecular flexibility index (Phi) is 2.98. The van der Waals surface area contributed by atoms with Crippen molar-refractivity contribution in [2.24, 2.45) is 0 Å². The Morgan fingerprint density at radius 2 is 2.27 bits per heavy atom. The molecule has 0 saturated carbocycles. The van der Waals surface area contributed by atoms with Crippen LogP contribution in [-0.4, -0.2) is 17.3 Å². The number of hydrogen-bond donors (Lipinski definition) is 0. The molecule has 0 bridgehead atoms. The predicted molar refractivity (Wildman–Crippen MR) is 61.1 cm³/mol. The molecule has 1 fully saturated rings. The van der Waals surface area contributed by atoms with E-state index in [2.05, 4.69) is 15.9 Å². The third kappa shape index (κ3) is 2.01. The van der Waals surface area contributed by atoms with Gasteiger partial charge in [-0.05, 0) is 12.1 Å². The van der Waals surface area contributed by atoms with Crippen LogP contribution in [0.25, 0.3) is 0 Å². The first-order valence-corrected chi connectivity index (χ1v) is 5.77. The number of carbonyl (C=O) groups is 1. The van der Waals surface area contributed by atoms with E-state index in [0.717, 1.165) is 0 Å². The Labute approximate surface area is 100 Å². The van der Waals surface area contributed by atoms with E-state index in [4.69, 9.17) is 11.6 Å². The second-order valence-corrected chi connectivity index (χ2v) is 5.08. The molecule has 0 radical (unpaired) electrons. The molecule has 1 unspecified atom stereocenters. The maximum absolute atomic E-state index is 13.5. The minimum Gasteiger partial charge on any atom is -0.307 e. The molecule has 80 valence electrons. The maximum Gasteiger partial charge on any atom is 0.228 e. The van der Waals surface area contributed by atoms with Crippen molar-refractivity contribution in [1.82, 2.24) is 0 Å². The second kappa shape index (κ2) is 4.10. The van der Waals surface area contributed by atoms with Gasteiger partial charge in [-0.3, -0.25) is 4.79 Å². The van der Waals surface area contributed by atoms with Gasteiger partial charge in [0.1, 0.15) is 5.82 Å². The van der Waals surface area contributed by atoms with Crippen molar-refractivity contribution in [2.75, 3.05) is 11.4 Å². The third-order valence-electron chi connectivity index (χ3n) is 2.29. The van der Waals surface area contributed by atoms with Crippen LogP contribution in [0.15, 0.2) is 18.2 Å². The summed E-state index contributed by atoms with van der Waals surface area (Å²) in [6, 6.07) is 4.40. The second-order valence-electron chi connectivity index (χ2n) is 3.38. The summed E-state index contributed by atoms with van der Waals surface area (Å²) in [5.74, 6) is -0.568. The minimum atomic E-state index is -0.461. The number of halogens is 3. The van der Waals surface area contributed by atoms with Crippen LogP contribution in [0.3, 0.4) is 0 Å². The Hall–Kier alpha value is -0.610. The van der Waals surface area contributed by atoms with E-state index in [9.17, 15) is 9.18 Å². The van der Waals surface area contributed by atoms with Crippen molar-refractivity contribution < 1.29 is 9.18 Å².